The van der Waals surface area contributed by atoms with Crippen molar-refractivity contribution in [2.45, 2.75) is 65.8 Å². The average Bonchev–Trinajstić information content (AvgIpc) is 2.71. The lowest BCUT2D eigenvalue weighted by Gasteiger charge is -2.29. The number of carbonyl (C=O) groups excluding carboxylic acids is 2. The molecular formula is C22H46N4O4. The van der Waals surface area contributed by atoms with Gasteiger partial charge in [0.15, 0.2) is 12.5 Å². The van der Waals surface area contributed by atoms with E-state index >= 15 is 0 Å². The summed E-state index contributed by atoms with van der Waals surface area (Å²) in [6, 6.07) is 0. The Labute approximate surface area is 184 Å². The van der Waals surface area contributed by atoms with E-state index in [1.165, 1.54) is 0 Å². The molecule has 2 unspecified atom stereocenters. The number of ether oxygens (including phenoxy) is 2. The third-order valence-corrected chi connectivity index (χ3v) is 5.32. The molecule has 0 aliphatic rings. The molecule has 0 fully saturated rings. The molecule has 0 saturated carbocycles. The van der Waals surface area contributed by atoms with Crippen LogP contribution in [0.2, 0.25) is 0 Å². The summed E-state index contributed by atoms with van der Waals surface area (Å²) in [6.45, 7) is 13.4. The second-order valence-electron chi connectivity index (χ2n) is 8.00. The maximum Gasteiger partial charge on any atom is 0.307 e. The van der Waals surface area contributed by atoms with Gasteiger partial charge in [0.1, 0.15) is 0 Å². The maximum absolute atomic E-state index is 12.2. The van der Waals surface area contributed by atoms with E-state index in [0.29, 0.717) is 38.8 Å². The molecule has 0 radical (unpaired) electrons. The summed E-state index contributed by atoms with van der Waals surface area (Å²) in [6.07, 6.45) is 1.33. The molecule has 0 aliphatic carbocycles. The number of hydrogen-bond donors (Lipinski definition) is 0. The van der Waals surface area contributed by atoms with Gasteiger partial charge in [-0.25, -0.2) is 0 Å². The smallest absolute Gasteiger partial charge is 0.307 e. The highest BCUT2D eigenvalue weighted by Crippen LogP contribution is 2.09. The number of unbranched alkanes of at least 4 members (excludes halogenated alkanes) is 1. The quantitative estimate of drug-likeness (QED) is 0.197. The highest BCUT2D eigenvalue weighted by Gasteiger charge is 2.21. The molecular weight excluding hydrogens is 384 g/mol. The Bertz CT molecular complexity index is 424. The van der Waals surface area contributed by atoms with E-state index in [1.54, 1.807) is 0 Å². The van der Waals surface area contributed by atoms with Gasteiger partial charge in [-0.2, -0.15) is 0 Å². The number of rotatable bonds is 17. The zero-order valence-corrected chi connectivity index (χ0v) is 20.6. The van der Waals surface area contributed by atoms with E-state index in [2.05, 4.69) is 37.5 Å². The summed E-state index contributed by atoms with van der Waals surface area (Å²) in [4.78, 5) is 32.7. The molecule has 30 heavy (non-hydrogen) atoms. The van der Waals surface area contributed by atoms with Gasteiger partial charge < -0.3 is 9.47 Å². The van der Waals surface area contributed by atoms with Crippen molar-refractivity contribution < 1.29 is 19.1 Å². The van der Waals surface area contributed by atoms with Crippen molar-refractivity contribution in [3.63, 3.8) is 0 Å². The van der Waals surface area contributed by atoms with Crippen LogP contribution >= 0.6 is 0 Å². The van der Waals surface area contributed by atoms with E-state index in [4.69, 9.17) is 9.47 Å². The van der Waals surface area contributed by atoms with Crippen LogP contribution in [0.15, 0.2) is 0 Å². The van der Waals surface area contributed by atoms with Crippen molar-refractivity contribution >= 4 is 11.9 Å². The minimum absolute atomic E-state index is 0.220. The summed E-state index contributed by atoms with van der Waals surface area (Å²) in [5.41, 5.74) is 0. The number of carbonyl (C=O) groups is 2. The third-order valence-electron chi connectivity index (χ3n) is 5.32. The first-order valence-corrected chi connectivity index (χ1v) is 11.3. The normalized spacial score (nSPS) is 13.9. The maximum atomic E-state index is 12.2. The molecule has 0 aromatic rings. The van der Waals surface area contributed by atoms with E-state index in [9.17, 15) is 9.59 Å². The van der Waals surface area contributed by atoms with Crippen LogP contribution in [0.4, 0.5) is 0 Å². The fourth-order valence-electron chi connectivity index (χ4n) is 2.98. The van der Waals surface area contributed by atoms with Crippen molar-refractivity contribution in [1.29, 1.82) is 0 Å². The van der Waals surface area contributed by atoms with Gasteiger partial charge in [-0.05, 0) is 67.2 Å². The highest BCUT2D eigenvalue weighted by molar-refractivity contribution is 5.70. The standard InChI is InChI=1S/C22H46N4O4/c1-9-25(10-2)17-19(23(5)6)29-21(27)15-13-14-16-22(28)30-20(24(7)8)18-26(11-3)12-4/h19-20H,9-18H2,1-8H3. The first-order chi connectivity index (χ1) is 14.2. The van der Waals surface area contributed by atoms with Gasteiger partial charge in [0.2, 0.25) is 0 Å². The van der Waals surface area contributed by atoms with Gasteiger partial charge in [-0.1, -0.05) is 27.7 Å². The van der Waals surface area contributed by atoms with Crippen molar-refractivity contribution in [1.82, 2.24) is 19.6 Å². The Hall–Kier alpha value is -1.22. The van der Waals surface area contributed by atoms with Gasteiger partial charge in [-0.15, -0.1) is 0 Å². The fourth-order valence-corrected chi connectivity index (χ4v) is 2.98. The molecule has 0 aliphatic heterocycles. The van der Waals surface area contributed by atoms with E-state index in [1.807, 2.05) is 38.0 Å². The number of likely N-dealkylation sites (N-methyl/N-ethyl adjacent to an activating group) is 4. The Kier molecular flexibility index (Phi) is 15.8. The minimum Gasteiger partial charge on any atom is -0.445 e. The lowest BCUT2D eigenvalue weighted by Crippen LogP contribution is -2.43. The van der Waals surface area contributed by atoms with Crippen LogP contribution in [0.1, 0.15) is 53.4 Å². The van der Waals surface area contributed by atoms with Crippen molar-refractivity contribution in [2.75, 3.05) is 67.5 Å². The summed E-state index contributed by atoms with van der Waals surface area (Å²) in [7, 11) is 7.65. The van der Waals surface area contributed by atoms with Crippen LogP contribution in [0, 0.1) is 0 Å². The summed E-state index contributed by atoms with van der Waals surface area (Å²) in [5.74, 6) is -0.441. The number of hydrogen-bond acceptors (Lipinski definition) is 8. The van der Waals surface area contributed by atoms with Gasteiger partial charge in [0.25, 0.3) is 0 Å². The molecule has 0 bridgehead atoms. The molecule has 8 heteroatoms. The summed E-state index contributed by atoms with van der Waals surface area (Å²) >= 11 is 0. The predicted octanol–water partition coefficient (Wildman–Crippen LogP) is 2.09. The number of nitrogens with zero attached hydrogens (tertiary/aromatic N) is 4. The topological polar surface area (TPSA) is 65.6 Å². The molecule has 178 valence electrons. The first kappa shape index (κ1) is 28.8. The lowest BCUT2D eigenvalue weighted by atomic mass is 10.2. The number of esters is 2. The van der Waals surface area contributed by atoms with Crippen LogP contribution in [0.25, 0.3) is 0 Å². The van der Waals surface area contributed by atoms with Gasteiger partial charge in [0.05, 0.1) is 0 Å². The molecule has 8 nitrogen and oxygen atoms in total. The van der Waals surface area contributed by atoms with Gasteiger partial charge >= 0.3 is 11.9 Å². The minimum atomic E-state index is -0.261. The van der Waals surface area contributed by atoms with E-state index in [-0.39, 0.29) is 24.4 Å². The average molecular weight is 431 g/mol. The Balaban J connectivity index is 4.32. The molecule has 0 amide bonds. The van der Waals surface area contributed by atoms with Crippen molar-refractivity contribution in [2.24, 2.45) is 0 Å². The molecule has 2 atom stereocenters. The zero-order chi connectivity index (χ0) is 23.1. The van der Waals surface area contributed by atoms with E-state index < -0.39 is 0 Å². The molecule has 0 aromatic heterocycles. The SMILES string of the molecule is CCN(CC)CC(OC(=O)CCCCC(=O)OC(CN(CC)CC)N(C)C)N(C)C. The van der Waals surface area contributed by atoms with Crippen molar-refractivity contribution in [3.05, 3.63) is 0 Å². The van der Waals surface area contributed by atoms with Crippen LogP contribution < -0.4 is 0 Å². The Morgan fingerprint density at radius 3 is 1.17 bits per heavy atom. The van der Waals surface area contributed by atoms with Crippen LogP contribution in [0.3, 0.4) is 0 Å². The van der Waals surface area contributed by atoms with Crippen LogP contribution in [-0.2, 0) is 19.1 Å². The fraction of sp³-hybridized carbons (Fsp3) is 0.909. The van der Waals surface area contributed by atoms with Gasteiger partial charge in [0, 0.05) is 25.9 Å². The second-order valence-corrected chi connectivity index (χ2v) is 8.00. The van der Waals surface area contributed by atoms with Crippen LogP contribution in [-0.4, -0.2) is 111 Å². The Morgan fingerprint density at radius 1 is 0.633 bits per heavy atom. The lowest BCUT2D eigenvalue weighted by molar-refractivity contribution is -0.161. The largest absolute Gasteiger partial charge is 0.445 e. The molecule has 0 saturated heterocycles. The predicted molar refractivity (Wildman–Crippen MR) is 121 cm³/mol. The second kappa shape index (κ2) is 16.5. The Morgan fingerprint density at radius 2 is 0.933 bits per heavy atom. The molecule has 0 rings (SSSR count). The first-order valence-electron chi connectivity index (χ1n) is 11.3. The monoisotopic (exact) mass is 430 g/mol. The van der Waals surface area contributed by atoms with Crippen molar-refractivity contribution in [3.8, 4) is 0 Å². The summed E-state index contributed by atoms with van der Waals surface area (Å²) in [5, 5.41) is 0. The third kappa shape index (κ3) is 12.5. The highest BCUT2D eigenvalue weighted by atomic mass is 16.6. The van der Waals surface area contributed by atoms with Crippen LogP contribution in [0.5, 0.6) is 0 Å². The van der Waals surface area contributed by atoms with Gasteiger partial charge in [-0.3, -0.25) is 29.2 Å². The molecule has 0 aromatic carbocycles. The molecule has 0 N–H and O–H groups in total. The zero-order valence-electron chi connectivity index (χ0n) is 20.6. The molecule has 0 heterocycles. The van der Waals surface area contributed by atoms with E-state index in [0.717, 1.165) is 26.2 Å². The summed E-state index contributed by atoms with van der Waals surface area (Å²) < 4.78 is 11.3. The molecule has 0 spiro atoms.